The number of amides is 1. The monoisotopic (exact) mass is 454 g/mol. The third-order valence-corrected chi connectivity index (χ3v) is 6.93. The summed E-state index contributed by atoms with van der Waals surface area (Å²) >= 11 is 0. The average Bonchev–Trinajstić information content (AvgIpc) is 2.66. The summed E-state index contributed by atoms with van der Waals surface area (Å²) in [4.78, 5) is 29.7. The predicted molar refractivity (Wildman–Crippen MR) is 135 cm³/mol. The summed E-state index contributed by atoms with van der Waals surface area (Å²) in [6.45, 7) is 5.88. The number of hydrogen-bond acceptors (Lipinski definition) is 5. The molecule has 1 aromatic carbocycles. The van der Waals surface area contributed by atoms with Crippen molar-refractivity contribution in [3.63, 3.8) is 0 Å². The van der Waals surface area contributed by atoms with Crippen molar-refractivity contribution in [1.29, 1.82) is 0 Å². The molecule has 0 saturated heterocycles. The third kappa shape index (κ3) is 6.02. The zero-order valence-corrected chi connectivity index (χ0v) is 21.0. The van der Waals surface area contributed by atoms with E-state index in [-0.39, 0.29) is 17.2 Å². The van der Waals surface area contributed by atoms with E-state index < -0.39 is 5.91 Å². The molecule has 0 atom stereocenters. The predicted octanol–water partition coefficient (Wildman–Crippen LogP) is 3.91. The van der Waals surface area contributed by atoms with Crippen molar-refractivity contribution in [2.24, 2.45) is 21.9 Å². The number of aliphatic imine (C=N–C) groups is 1. The van der Waals surface area contributed by atoms with Crippen molar-refractivity contribution in [3.8, 4) is 0 Å². The molecule has 0 unspecified atom stereocenters. The van der Waals surface area contributed by atoms with Gasteiger partial charge >= 0.3 is 0 Å². The number of rotatable bonds is 5. The Labute approximate surface area is 197 Å². The van der Waals surface area contributed by atoms with Gasteiger partial charge in [0.15, 0.2) is 5.78 Å². The molecule has 2 aliphatic rings. The van der Waals surface area contributed by atoms with Crippen LogP contribution < -0.4 is 16.8 Å². The number of nitrogens with one attached hydrogen (secondary N) is 1. The van der Waals surface area contributed by atoms with Crippen molar-refractivity contribution in [3.05, 3.63) is 35.0 Å². The molecule has 2 fully saturated rings. The quantitative estimate of drug-likeness (QED) is 0.463. The molecule has 0 aliphatic heterocycles. The van der Waals surface area contributed by atoms with Crippen LogP contribution in [0.5, 0.6) is 0 Å². The molecule has 0 spiro atoms. The Morgan fingerprint density at radius 1 is 1.09 bits per heavy atom. The van der Waals surface area contributed by atoms with Gasteiger partial charge in [-0.15, -0.1) is 0 Å². The zero-order chi connectivity index (χ0) is 24.6. The van der Waals surface area contributed by atoms with E-state index in [0.29, 0.717) is 52.8 Å². The lowest BCUT2D eigenvalue weighted by atomic mass is 9.73. The maximum absolute atomic E-state index is 12.7. The number of carbonyl (C=O) groups is 2. The minimum Gasteiger partial charge on any atom is -0.402 e. The highest BCUT2D eigenvalue weighted by atomic mass is 16.1. The molecule has 1 amide bonds. The lowest BCUT2D eigenvalue weighted by Gasteiger charge is -2.39. The molecule has 0 bridgehead atoms. The van der Waals surface area contributed by atoms with Crippen LogP contribution in [0.4, 0.5) is 11.4 Å². The highest BCUT2D eigenvalue weighted by Gasteiger charge is 2.35. The molecule has 2 saturated carbocycles. The number of nitrogens with zero attached hydrogens (tertiary/aromatic N) is 2. The van der Waals surface area contributed by atoms with Gasteiger partial charge in [0.25, 0.3) is 5.91 Å². The number of allylic oxidation sites excluding steroid dienone is 2. The molecule has 3 rings (SSSR count). The first-order valence-corrected chi connectivity index (χ1v) is 11.9. The van der Waals surface area contributed by atoms with Gasteiger partial charge in [0, 0.05) is 36.7 Å². The number of ketones is 1. The number of quaternary nitrogens is 1. The van der Waals surface area contributed by atoms with Gasteiger partial charge in [0.1, 0.15) is 0 Å². The van der Waals surface area contributed by atoms with Gasteiger partial charge < -0.3 is 21.3 Å². The molecule has 0 radical (unpaired) electrons. The summed E-state index contributed by atoms with van der Waals surface area (Å²) in [6, 6.07) is 6.30. The van der Waals surface area contributed by atoms with Crippen LogP contribution in [-0.2, 0) is 4.79 Å². The topological polar surface area (TPSA) is 111 Å². The van der Waals surface area contributed by atoms with Gasteiger partial charge in [0.2, 0.25) is 0 Å². The fraction of sp³-hybridized carbons (Fsp3) is 0.577. The van der Waals surface area contributed by atoms with E-state index in [0.717, 1.165) is 30.2 Å². The van der Waals surface area contributed by atoms with Crippen molar-refractivity contribution in [1.82, 2.24) is 0 Å². The van der Waals surface area contributed by atoms with Crippen LogP contribution in [0.1, 0.15) is 69.7 Å². The normalized spacial score (nSPS) is 26.2. The Bertz CT molecular complexity index is 988. The van der Waals surface area contributed by atoms with E-state index in [2.05, 4.69) is 40.3 Å². The van der Waals surface area contributed by atoms with E-state index in [4.69, 9.17) is 16.5 Å². The average molecular weight is 455 g/mol. The lowest BCUT2D eigenvalue weighted by Crippen LogP contribution is -2.48. The number of anilines is 1. The Balaban J connectivity index is 1.89. The largest absolute Gasteiger partial charge is 0.402 e. The van der Waals surface area contributed by atoms with Gasteiger partial charge in [-0.25, -0.2) is 0 Å². The number of Topliss-reactive ketones (excluding diaryl/α,β-unsaturated/α-hetero) is 1. The van der Waals surface area contributed by atoms with Gasteiger partial charge in [-0.1, -0.05) is 13.8 Å². The van der Waals surface area contributed by atoms with Crippen LogP contribution in [0.2, 0.25) is 0 Å². The molecule has 0 heterocycles. The first-order valence-electron chi connectivity index (χ1n) is 11.9. The fourth-order valence-corrected chi connectivity index (χ4v) is 5.14. The second kappa shape index (κ2) is 9.29. The summed E-state index contributed by atoms with van der Waals surface area (Å²) < 4.78 is 0.970. The SMILES string of the molecule is CC(N)=C1C(=O)CC(C)(C)CC1=Nc1ccc(C(N)=O)c(NC2CCC([N+](C)(C)C)CC2)c1. The first kappa shape index (κ1) is 25.0. The van der Waals surface area contributed by atoms with Crippen LogP contribution in [0, 0.1) is 5.41 Å². The van der Waals surface area contributed by atoms with Crippen molar-refractivity contribution < 1.29 is 14.1 Å². The minimum absolute atomic E-state index is 0.0334. The highest BCUT2D eigenvalue weighted by Crippen LogP contribution is 2.37. The molecule has 1 aromatic rings. The summed E-state index contributed by atoms with van der Waals surface area (Å²) in [7, 11) is 6.74. The minimum atomic E-state index is -0.468. The number of hydrogen-bond donors (Lipinski definition) is 3. The second-order valence-corrected chi connectivity index (χ2v) is 11.4. The van der Waals surface area contributed by atoms with E-state index >= 15 is 0 Å². The molecule has 180 valence electrons. The fourth-order valence-electron chi connectivity index (χ4n) is 5.14. The summed E-state index contributed by atoms with van der Waals surface area (Å²) in [5.41, 5.74) is 15.1. The molecular formula is C26H40N5O2+. The summed E-state index contributed by atoms with van der Waals surface area (Å²) in [6.07, 6.45) is 5.47. The van der Waals surface area contributed by atoms with Crippen LogP contribution in [0.3, 0.4) is 0 Å². The summed E-state index contributed by atoms with van der Waals surface area (Å²) in [5, 5.41) is 3.56. The van der Waals surface area contributed by atoms with Crippen LogP contribution in [0.25, 0.3) is 0 Å². The highest BCUT2D eigenvalue weighted by molar-refractivity contribution is 6.25. The Hall–Kier alpha value is -2.67. The van der Waals surface area contributed by atoms with E-state index in [1.165, 1.54) is 0 Å². The van der Waals surface area contributed by atoms with Crippen LogP contribution in [-0.4, -0.2) is 55.1 Å². The number of carbonyl (C=O) groups excluding carboxylic acids is 2. The van der Waals surface area contributed by atoms with E-state index in [9.17, 15) is 9.59 Å². The molecular weight excluding hydrogens is 414 g/mol. The van der Waals surface area contributed by atoms with E-state index in [1.807, 2.05) is 6.07 Å². The van der Waals surface area contributed by atoms with Crippen molar-refractivity contribution in [2.45, 2.75) is 71.4 Å². The van der Waals surface area contributed by atoms with Gasteiger partial charge in [0.05, 0.1) is 49.7 Å². The third-order valence-electron chi connectivity index (χ3n) is 6.93. The van der Waals surface area contributed by atoms with Crippen LogP contribution in [0.15, 0.2) is 34.5 Å². The van der Waals surface area contributed by atoms with Crippen molar-refractivity contribution in [2.75, 3.05) is 26.5 Å². The lowest BCUT2D eigenvalue weighted by molar-refractivity contribution is -0.897. The van der Waals surface area contributed by atoms with Crippen molar-refractivity contribution >= 4 is 28.8 Å². The Kier molecular flexibility index (Phi) is 7.03. The second-order valence-electron chi connectivity index (χ2n) is 11.4. The maximum atomic E-state index is 12.7. The number of primary amides is 1. The first-order chi connectivity index (χ1) is 15.3. The molecule has 33 heavy (non-hydrogen) atoms. The number of nitrogens with two attached hydrogens (primary N) is 2. The number of benzene rings is 1. The molecule has 7 heteroatoms. The Morgan fingerprint density at radius 2 is 1.73 bits per heavy atom. The molecule has 7 nitrogen and oxygen atoms in total. The van der Waals surface area contributed by atoms with Gasteiger partial charge in [-0.2, -0.15) is 0 Å². The maximum Gasteiger partial charge on any atom is 0.250 e. The smallest absolute Gasteiger partial charge is 0.250 e. The standard InChI is InChI=1S/C26H39N5O2/c1-16(27)24-22(14-26(2,3)15-23(24)32)30-18-9-12-20(25(28)33)21(13-18)29-17-7-10-19(11-8-17)31(4,5)6/h9,12-13,17,19H,7-8,10-11,14-15H2,1-6H3,(H4-,27,28,29,30,32,33)/p+1. The van der Waals surface area contributed by atoms with Crippen LogP contribution >= 0.6 is 0 Å². The molecule has 0 aromatic heterocycles. The zero-order valence-electron chi connectivity index (χ0n) is 21.0. The Morgan fingerprint density at radius 3 is 2.27 bits per heavy atom. The summed E-state index contributed by atoms with van der Waals surface area (Å²) in [5.74, 6) is -0.435. The van der Waals surface area contributed by atoms with Gasteiger partial charge in [-0.3, -0.25) is 14.6 Å². The molecule has 2 aliphatic carbocycles. The van der Waals surface area contributed by atoms with E-state index in [1.54, 1.807) is 19.1 Å². The van der Waals surface area contributed by atoms with Gasteiger partial charge in [-0.05, 0) is 49.8 Å². The molecule has 5 N–H and O–H groups in total.